The third kappa shape index (κ3) is 3.42. The number of carbonyl (C=O) groups excluding carboxylic acids is 2. The third-order valence-corrected chi connectivity index (χ3v) is 3.44. The molecule has 4 nitrogen and oxygen atoms in total. The van der Waals surface area contributed by atoms with Gasteiger partial charge in [0.2, 0.25) is 0 Å². The molecule has 1 amide bonds. The number of amides is 1. The van der Waals surface area contributed by atoms with E-state index in [-0.39, 0.29) is 11.9 Å². The van der Waals surface area contributed by atoms with Crippen LogP contribution in [-0.4, -0.2) is 19.0 Å². The Morgan fingerprint density at radius 3 is 2.53 bits per heavy atom. The molecule has 2 aromatic rings. The molecular weight excluding hydrogens is 262 g/mol. The molecule has 0 unspecified atom stereocenters. The summed E-state index contributed by atoms with van der Waals surface area (Å²) in [6, 6.07) is 10.6. The van der Waals surface area contributed by atoms with E-state index in [9.17, 15) is 9.59 Å². The average Bonchev–Trinajstić information content (AvgIpc) is 2.98. The molecule has 1 aromatic carbocycles. The van der Waals surface area contributed by atoms with Gasteiger partial charge in [-0.3, -0.25) is 4.79 Å². The molecule has 1 heterocycles. The summed E-state index contributed by atoms with van der Waals surface area (Å²) in [5, 5.41) is 4.68. The van der Waals surface area contributed by atoms with Crippen LogP contribution in [-0.2, 0) is 11.3 Å². The normalized spacial score (nSPS) is 9.95. The van der Waals surface area contributed by atoms with E-state index in [1.807, 2.05) is 11.4 Å². The molecule has 5 heteroatoms. The molecule has 0 saturated carbocycles. The monoisotopic (exact) mass is 275 g/mol. The van der Waals surface area contributed by atoms with E-state index in [1.54, 1.807) is 30.3 Å². The minimum absolute atomic E-state index is 0.0907. The highest BCUT2D eigenvalue weighted by molar-refractivity contribution is 7.12. The quantitative estimate of drug-likeness (QED) is 0.872. The number of rotatable bonds is 4. The number of ether oxygens (including phenoxy) is 1. The highest BCUT2D eigenvalue weighted by atomic mass is 32.1. The van der Waals surface area contributed by atoms with Gasteiger partial charge in [0.05, 0.1) is 17.6 Å². The van der Waals surface area contributed by atoms with Gasteiger partial charge in [-0.25, -0.2) is 4.79 Å². The molecule has 0 atom stereocenters. The molecular formula is C14H13NO3S. The van der Waals surface area contributed by atoms with Crippen LogP contribution in [0.2, 0.25) is 0 Å². The summed E-state index contributed by atoms with van der Waals surface area (Å²) in [6.07, 6.45) is 0. The second-order valence-corrected chi connectivity index (χ2v) is 4.80. The maximum atomic E-state index is 11.7. The summed E-state index contributed by atoms with van der Waals surface area (Å²) >= 11 is 1.40. The fourth-order valence-corrected chi connectivity index (χ4v) is 2.19. The van der Waals surface area contributed by atoms with Crippen LogP contribution in [0.25, 0.3) is 0 Å². The lowest BCUT2D eigenvalue weighted by molar-refractivity contribution is 0.0600. The second kappa shape index (κ2) is 6.15. The maximum absolute atomic E-state index is 11.7. The molecule has 1 N–H and O–H groups in total. The fourth-order valence-electron chi connectivity index (χ4n) is 1.55. The lowest BCUT2D eigenvalue weighted by Gasteiger charge is -2.05. The first-order valence-corrected chi connectivity index (χ1v) is 6.57. The summed E-state index contributed by atoms with van der Waals surface area (Å²) in [6.45, 7) is 0.429. The first-order valence-electron chi connectivity index (χ1n) is 5.69. The van der Waals surface area contributed by atoms with Gasteiger partial charge < -0.3 is 10.1 Å². The smallest absolute Gasteiger partial charge is 0.337 e. The Balaban J connectivity index is 1.93. The minimum Gasteiger partial charge on any atom is -0.465 e. The maximum Gasteiger partial charge on any atom is 0.337 e. The third-order valence-electron chi connectivity index (χ3n) is 2.57. The molecule has 0 aliphatic rings. The van der Waals surface area contributed by atoms with Gasteiger partial charge in [0.15, 0.2) is 0 Å². The van der Waals surface area contributed by atoms with Crippen LogP contribution in [0.4, 0.5) is 0 Å². The van der Waals surface area contributed by atoms with Crippen molar-refractivity contribution in [1.29, 1.82) is 0 Å². The van der Waals surface area contributed by atoms with Crippen LogP contribution in [0.3, 0.4) is 0 Å². The largest absolute Gasteiger partial charge is 0.465 e. The summed E-state index contributed by atoms with van der Waals surface area (Å²) in [7, 11) is 1.34. The van der Waals surface area contributed by atoms with Crippen molar-refractivity contribution in [3.05, 3.63) is 57.8 Å². The van der Waals surface area contributed by atoms with E-state index in [0.29, 0.717) is 17.0 Å². The van der Waals surface area contributed by atoms with Gasteiger partial charge in [0.25, 0.3) is 5.91 Å². The van der Waals surface area contributed by atoms with Crippen molar-refractivity contribution in [2.24, 2.45) is 0 Å². The molecule has 0 aliphatic heterocycles. The van der Waals surface area contributed by atoms with E-state index in [0.717, 1.165) is 5.56 Å². The summed E-state index contributed by atoms with van der Waals surface area (Å²) in [5.41, 5.74) is 1.42. The predicted molar refractivity (Wildman–Crippen MR) is 73.3 cm³/mol. The SMILES string of the molecule is COC(=O)c1ccc(CNC(=O)c2cccs2)cc1. The number of thiophene rings is 1. The number of hydrogen-bond acceptors (Lipinski definition) is 4. The number of carbonyl (C=O) groups is 2. The Labute approximate surface area is 115 Å². The van der Waals surface area contributed by atoms with Gasteiger partial charge in [-0.1, -0.05) is 18.2 Å². The Bertz CT molecular complexity index is 561. The van der Waals surface area contributed by atoms with Crippen molar-refractivity contribution in [2.45, 2.75) is 6.54 Å². The number of esters is 1. The lowest BCUT2D eigenvalue weighted by Crippen LogP contribution is -2.21. The predicted octanol–water partition coefficient (Wildman–Crippen LogP) is 2.46. The van der Waals surface area contributed by atoms with Crippen LogP contribution in [0, 0.1) is 0 Å². The topological polar surface area (TPSA) is 55.4 Å². The van der Waals surface area contributed by atoms with Gasteiger partial charge in [-0.05, 0) is 29.1 Å². The van der Waals surface area contributed by atoms with E-state index in [4.69, 9.17) is 0 Å². The fraction of sp³-hybridized carbons (Fsp3) is 0.143. The highest BCUT2D eigenvalue weighted by Crippen LogP contribution is 2.09. The van der Waals surface area contributed by atoms with Crippen LogP contribution < -0.4 is 5.32 Å². The Kier molecular flexibility index (Phi) is 4.30. The van der Waals surface area contributed by atoms with Crippen LogP contribution in [0.15, 0.2) is 41.8 Å². The standard InChI is InChI=1S/C14H13NO3S/c1-18-14(17)11-6-4-10(5-7-11)9-15-13(16)12-3-2-8-19-12/h2-8H,9H2,1H3,(H,15,16). The van der Waals surface area contributed by atoms with Gasteiger partial charge in [-0.15, -0.1) is 11.3 Å². The lowest BCUT2D eigenvalue weighted by atomic mass is 10.1. The van der Waals surface area contributed by atoms with Crippen LogP contribution in [0.1, 0.15) is 25.6 Å². The number of nitrogens with one attached hydrogen (secondary N) is 1. The minimum atomic E-state index is -0.367. The molecule has 0 radical (unpaired) electrons. The number of methoxy groups -OCH3 is 1. The molecule has 98 valence electrons. The van der Waals surface area contributed by atoms with Crippen molar-refractivity contribution >= 4 is 23.2 Å². The second-order valence-electron chi connectivity index (χ2n) is 3.85. The van der Waals surface area contributed by atoms with Gasteiger partial charge in [0.1, 0.15) is 0 Å². The van der Waals surface area contributed by atoms with Gasteiger partial charge in [0, 0.05) is 6.54 Å². The van der Waals surface area contributed by atoms with E-state index in [1.165, 1.54) is 18.4 Å². The molecule has 1 aromatic heterocycles. The first-order chi connectivity index (χ1) is 9.20. The molecule has 0 saturated heterocycles. The van der Waals surface area contributed by atoms with E-state index in [2.05, 4.69) is 10.1 Å². The van der Waals surface area contributed by atoms with Gasteiger partial charge >= 0.3 is 5.97 Å². The molecule has 0 fully saturated rings. The summed E-state index contributed by atoms with van der Waals surface area (Å²) in [5.74, 6) is -0.457. The van der Waals surface area contributed by atoms with Crippen molar-refractivity contribution in [2.75, 3.05) is 7.11 Å². The average molecular weight is 275 g/mol. The highest BCUT2D eigenvalue weighted by Gasteiger charge is 2.07. The van der Waals surface area contributed by atoms with Crippen LogP contribution >= 0.6 is 11.3 Å². The zero-order valence-electron chi connectivity index (χ0n) is 10.4. The van der Waals surface area contributed by atoms with Crippen molar-refractivity contribution in [1.82, 2.24) is 5.32 Å². The Morgan fingerprint density at radius 2 is 1.95 bits per heavy atom. The van der Waals surface area contributed by atoms with Crippen molar-refractivity contribution < 1.29 is 14.3 Å². The summed E-state index contributed by atoms with van der Waals surface area (Å²) < 4.78 is 4.62. The molecule has 0 bridgehead atoms. The zero-order chi connectivity index (χ0) is 13.7. The van der Waals surface area contributed by atoms with Gasteiger partial charge in [-0.2, -0.15) is 0 Å². The molecule has 0 spiro atoms. The Morgan fingerprint density at radius 1 is 1.21 bits per heavy atom. The van der Waals surface area contributed by atoms with Crippen molar-refractivity contribution in [3.63, 3.8) is 0 Å². The van der Waals surface area contributed by atoms with Crippen LogP contribution in [0.5, 0.6) is 0 Å². The molecule has 0 aliphatic carbocycles. The van der Waals surface area contributed by atoms with E-state index >= 15 is 0 Å². The van der Waals surface area contributed by atoms with E-state index < -0.39 is 0 Å². The van der Waals surface area contributed by atoms with Crippen molar-refractivity contribution in [3.8, 4) is 0 Å². The number of hydrogen-bond donors (Lipinski definition) is 1. The first kappa shape index (κ1) is 13.3. The zero-order valence-corrected chi connectivity index (χ0v) is 11.2. The molecule has 19 heavy (non-hydrogen) atoms. The Hall–Kier alpha value is -2.14. The number of benzene rings is 1. The summed E-state index contributed by atoms with van der Waals surface area (Å²) in [4.78, 5) is 23.7. The molecule has 2 rings (SSSR count).